The van der Waals surface area contributed by atoms with Gasteiger partial charge in [-0.3, -0.25) is 9.59 Å². The predicted molar refractivity (Wildman–Crippen MR) is 91.5 cm³/mol. The molecule has 2 amide bonds. The lowest BCUT2D eigenvalue weighted by Gasteiger charge is -2.29. The van der Waals surface area contributed by atoms with Crippen molar-refractivity contribution in [3.8, 4) is 6.07 Å². The van der Waals surface area contributed by atoms with E-state index in [9.17, 15) is 14.4 Å². The summed E-state index contributed by atoms with van der Waals surface area (Å²) in [4.78, 5) is 37.5. The van der Waals surface area contributed by atoms with E-state index < -0.39 is 24.5 Å². The summed E-state index contributed by atoms with van der Waals surface area (Å²) in [7, 11) is 0. The van der Waals surface area contributed by atoms with E-state index in [1.807, 2.05) is 13.0 Å². The third-order valence-electron chi connectivity index (χ3n) is 4.38. The molecular weight excluding hydrogens is 342 g/mol. The molecule has 0 unspecified atom stereocenters. The summed E-state index contributed by atoms with van der Waals surface area (Å²) in [5.41, 5.74) is 0.692. The summed E-state index contributed by atoms with van der Waals surface area (Å²) in [5.74, 6) is -0.686. The Morgan fingerprint density at radius 1 is 1.48 bits per heavy atom. The van der Waals surface area contributed by atoms with E-state index in [0.29, 0.717) is 29.8 Å². The average Bonchev–Trinajstić information content (AvgIpc) is 3.09. The van der Waals surface area contributed by atoms with Crippen LogP contribution in [0, 0.1) is 11.3 Å². The minimum absolute atomic E-state index is 0.0538. The molecule has 8 heteroatoms. The number of thioether (sulfide) groups is 1. The molecule has 2 aliphatic rings. The summed E-state index contributed by atoms with van der Waals surface area (Å²) in [5, 5.41) is 11.5. The molecule has 130 valence electrons. The number of carbonyl (C=O) groups is 3. The summed E-state index contributed by atoms with van der Waals surface area (Å²) in [6.07, 6.45) is 1.14. The smallest absolute Gasteiger partial charge is 0.330 e. The molecule has 0 aliphatic carbocycles. The molecule has 0 saturated carbocycles. The summed E-state index contributed by atoms with van der Waals surface area (Å²) >= 11 is 1.56. The van der Waals surface area contributed by atoms with Crippen molar-refractivity contribution in [1.82, 2.24) is 4.90 Å². The number of para-hydroxylation sites is 1. The van der Waals surface area contributed by atoms with Gasteiger partial charge in [0, 0.05) is 12.2 Å². The lowest BCUT2D eigenvalue weighted by atomic mass is 10.2. The number of benzene rings is 1. The molecule has 2 atom stereocenters. The van der Waals surface area contributed by atoms with Crippen molar-refractivity contribution in [2.75, 3.05) is 17.7 Å². The maximum Gasteiger partial charge on any atom is 0.330 e. The number of hydrogen-bond acceptors (Lipinski definition) is 6. The molecule has 1 N–H and O–H groups in total. The van der Waals surface area contributed by atoms with Crippen LogP contribution < -0.4 is 5.32 Å². The Hall–Kier alpha value is -2.53. The number of rotatable bonds is 4. The summed E-state index contributed by atoms with van der Waals surface area (Å²) in [6, 6.07) is 7.89. The highest BCUT2D eigenvalue weighted by molar-refractivity contribution is 8.01. The number of amides is 2. The molecule has 0 aromatic heterocycles. The maximum atomic E-state index is 12.3. The van der Waals surface area contributed by atoms with Crippen molar-refractivity contribution in [2.45, 2.75) is 30.7 Å². The van der Waals surface area contributed by atoms with Crippen molar-refractivity contribution in [3.05, 3.63) is 29.8 Å². The van der Waals surface area contributed by atoms with E-state index in [1.54, 1.807) is 40.9 Å². The molecule has 0 bridgehead atoms. The number of anilines is 1. The number of nitrogens with zero attached hydrogens (tertiary/aromatic N) is 2. The van der Waals surface area contributed by atoms with E-state index in [0.717, 1.165) is 0 Å². The zero-order valence-electron chi connectivity index (χ0n) is 13.7. The van der Waals surface area contributed by atoms with Crippen LogP contribution in [0.1, 0.15) is 25.3 Å². The van der Waals surface area contributed by atoms with Gasteiger partial charge >= 0.3 is 5.97 Å². The molecule has 7 nitrogen and oxygen atoms in total. The first-order valence-electron chi connectivity index (χ1n) is 7.86. The Kier molecular flexibility index (Phi) is 4.68. The maximum absolute atomic E-state index is 12.3. The van der Waals surface area contributed by atoms with Gasteiger partial charge in [0.05, 0.1) is 16.1 Å². The van der Waals surface area contributed by atoms with Gasteiger partial charge in [-0.05, 0) is 25.5 Å². The SMILES string of the molecule is C[C@]12CCC(=O)N1[C@H](C(=O)OCC(=O)Nc1ccccc1C#N)CS2. The van der Waals surface area contributed by atoms with Gasteiger partial charge in [-0.2, -0.15) is 5.26 Å². The molecule has 2 heterocycles. The van der Waals surface area contributed by atoms with Crippen LogP contribution in [0.3, 0.4) is 0 Å². The second-order valence-corrected chi connectivity index (χ2v) is 7.58. The fourth-order valence-electron chi connectivity index (χ4n) is 3.10. The Morgan fingerprint density at radius 3 is 3.00 bits per heavy atom. The average molecular weight is 359 g/mol. The van der Waals surface area contributed by atoms with E-state index >= 15 is 0 Å². The standard InChI is InChI=1S/C17H17N3O4S/c1-17-7-6-15(22)20(17)13(10-25-17)16(23)24-9-14(21)19-12-5-3-2-4-11(12)8-18/h2-5,13H,6-7,9-10H2,1H3,(H,19,21)/t13-,17-/m0/s1. The molecule has 0 radical (unpaired) electrons. The molecule has 2 saturated heterocycles. The highest BCUT2D eigenvalue weighted by Crippen LogP contribution is 2.47. The number of hydrogen-bond donors (Lipinski definition) is 1. The van der Waals surface area contributed by atoms with Crippen LogP contribution in [-0.4, -0.2) is 46.0 Å². The normalized spacial score (nSPS) is 24.6. The third kappa shape index (κ3) is 3.33. The number of carbonyl (C=O) groups excluding carboxylic acids is 3. The van der Waals surface area contributed by atoms with E-state index in [4.69, 9.17) is 10.00 Å². The van der Waals surface area contributed by atoms with E-state index in [2.05, 4.69) is 5.32 Å². The molecule has 25 heavy (non-hydrogen) atoms. The van der Waals surface area contributed by atoms with Crippen LogP contribution in [0.15, 0.2) is 24.3 Å². The molecule has 3 rings (SSSR count). The second-order valence-electron chi connectivity index (χ2n) is 6.08. The minimum atomic E-state index is -0.649. The van der Waals surface area contributed by atoms with Crippen molar-refractivity contribution in [1.29, 1.82) is 5.26 Å². The van der Waals surface area contributed by atoms with E-state index in [-0.39, 0.29) is 10.8 Å². The Morgan fingerprint density at radius 2 is 2.24 bits per heavy atom. The Bertz CT molecular complexity index is 775. The van der Waals surface area contributed by atoms with Gasteiger partial charge < -0.3 is 15.0 Å². The minimum Gasteiger partial charge on any atom is -0.454 e. The number of esters is 1. The number of nitrogens with one attached hydrogen (secondary N) is 1. The van der Waals surface area contributed by atoms with Crippen molar-refractivity contribution in [3.63, 3.8) is 0 Å². The van der Waals surface area contributed by atoms with Crippen LogP contribution in [0.5, 0.6) is 0 Å². The van der Waals surface area contributed by atoms with Gasteiger partial charge in [0.2, 0.25) is 5.91 Å². The lowest BCUT2D eigenvalue weighted by Crippen LogP contribution is -2.47. The van der Waals surface area contributed by atoms with Gasteiger partial charge in [-0.15, -0.1) is 11.8 Å². The summed E-state index contributed by atoms with van der Waals surface area (Å²) in [6.45, 7) is 1.49. The van der Waals surface area contributed by atoms with Crippen LogP contribution in [0.4, 0.5) is 5.69 Å². The van der Waals surface area contributed by atoms with Crippen LogP contribution in [-0.2, 0) is 19.1 Å². The third-order valence-corrected chi connectivity index (χ3v) is 5.89. The number of ether oxygens (including phenoxy) is 1. The number of fused-ring (bicyclic) bond motifs is 1. The van der Waals surface area contributed by atoms with Crippen LogP contribution >= 0.6 is 11.8 Å². The van der Waals surface area contributed by atoms with Gasteiger partial charge in [0.1, 0.15) is 12.1 Å². The van der Waals surface area contributed by atoms with Crippen LogP contribution in [0.25, 0.3) is 0 Å². The second kappa shape index (κ2) is 6.76. The molecule has 2 fully saturated rings. The fourth-order valence-corrected chi connectivity index (χ4v) is 4.52. The first-order chi connectivity index (χ1) is 11.9. The monoisotopic (exact) mass is 359 g/mol. The van der Waals surface area contributed by atoms with Crippen molar-refractivity contribution in [2.24, 2.45) is 0 Å². The Labute approximate surface area is 149 Å². The highest BCUT2D eigenvalue weighted by Gasteiger charge is 2.53. The van der Waals surface area contributed by atoms with Gasteiger partial charge in [-0.25, -0.2) is 4.79 Å². The zero-order chi connectivity index (χ0) is 18.0. The highest BCUT2D eigenvalue weighted by atomic mass is 32.2. The molecule has 0 spiro atoms. The molecule has 2 aliphatic heterocycles. The summed E-state index contributed by atoms with van der Waals surface area (Å²) < 4.78 is 5.09. The molecular formula is C17H17N3O4S. The van der Waals surface area contributed by atoms with Crippen LogP contribution in [0.2, 0.25) is 0 Å². The van der Waals surface area contributed by atoms with E-state index in [1.165, 1.54) is 0 Å². The molecule has 1 aromatic carbocycles. The van der Waals surface area contributed by atoms with Crippen molar-refractivity contribution >= 4 is 35.2 Å². The zero-order valence-corrected chi connectivity index (χ0v) is 14.5. The van der Waals surface area contributed by atoms with Gasteiger partial charge in [-0.1, -0.05) is 12.1 Å². The van der Waals surface area contributed by atoms with Crippen molar-refractivity contribution < 1.29 is 19.1 Å². The van der Waals surface area contributed by atoms with Gasteiger partial charge in [0.25, 0.3) is 5.91 Å². The first-order valence-corrected chi connectivity index (χ1v) is 8.85. The fraction of sp³-hybridized carbons (Fsp3) is 0.412. The topological polar surface area (TPSA) is 99.5 Å². The Balaban J connectivity index is 1.57. The lowest BCUT2D eigenvalue weighted by molar-refractivity contribution is -0.155. The predicted octanol–water partition coefficient (Wildman–Crippen LogP) is 1.49. The largest absolute Gasteiger partial charge is 0.454 e. The number of nitriles is 1. The molecule has 1 aromatic rings. The van der Waals surface area contributed by atoms with Gasteiger partial charge in [0.15, 0.2) is 6.61 Å². The first kappa shape index (κ1) is 17.3. The quantitative estimate of drug-likeness (QED) is 0.818.